The van der Waals surface area contributed by atoms with Crippen molar-refractivity contribution in [2.45, 2.75) is 50.2 Å². The van der Waals surface area contributed by atoms with E-state index in [4.69, 9.17) is 0 Å². The van der Waals surface area contributed by atoms with Gasteiger partial charge in [-0.1, -0.05) is 0 Å². The lowest BCUT2D eigenvalue weighted by Crippen LogP contribution is -2.59. The highest BCUT2D eigenvalue weighted by Crippen LogP contribution is 2.36. The number of likely N-dealkylation sites (tertiary alicyclic amines) is 1. The second kappa shape index (κ2) is 11.1. The van der Waals surface area contributed by atoms with E-state index in [1.54, 1.807) is 11.0 Å². The first kappa shape index (κ1) is 30.2. The number of nitrogens with zero attached hydrogens (tertiary/aromatic N) is 6. The van der Waals surface area contributed by atoms with Crippen LogP contribution in [0.25, 0.3) is 11.0 Å². The van der Waals surface area contributed by atoms with E-state index in [1.807, 2.05) is 0 Å². The number of aryl methyl sites for hydroxylation is 1. The molecule has 2 saturated heterocycles. The van der Waals surface area contributed by atoms with E-state index in [0.29, 0.717) is 46.6 Å². The molecule has 1 unspecified atom stereocenters. The number of rotatable bonds is 4. The third-order valence-corrected chi connectivity index (χ3v) is 8.24. The Morgan fingerprint density at radius 2 is 1.84 bits per heavy atom. The molecule has 2 fully saturated rings. The molecule has 2 aliphatic heterocycles. The molecule has 3 amide bonds. The lowest BCUT2D eigenvalue weighted by atomic mass is 9.92. The molecule has 5 rings (SSSR count). The van der Waals surface area contributed by atoms with Crippen molar-refractivity contribution in [1.82, 2.24) is 29.5 Å². The fraction of sp³-hybridized carbons (Fsp3) is 0.519. The number of aromatic nitrogens is 4. The summed E-state index contributed by atoms with van der Waals surface area (Å²) in [5.74, 6) is -3.29. The number of fused-ring (bicyclic) bond motifs is 1. The first-order chi connectivity index (χ1) is 20.2. The molecule has 232 valence electrons. The number of carbonyl (C=O) groups excluding carboxylic acids is 2. The van der Waals surface area contributed by atoms with E-state index < -0.39 is 47.5 Å². The minimum Gasteiger partial charge on any atom is -0.364 e. The smallest absolute Gasteiger partial charge is 0.364 e. The summed E-state index contributed by atoms with van der Waals surface area (Å²) in [5, 5.41) is 10.1. The fourth-order valence-corrected chi connectivity index (χ4v) is 5.80. The van der Waals surface area contributed by atoms with Crippen LogP contribution in [-0.4, -0.2) is 86.7 Å². The zero-order valence-corrected chi connectivity index (χ0v) is 23.7. The number of hydrogen-bond donors (Lipinski definition) is 2. The second-order valence-corrected chi connectivity index (χ2v) is 11.1. The number of carbonyl (C=O) groups is 2. The van der Waals surface area contributed by atoms with Gasteiger partial charge in [0.2, 0.25) is 5.91 Å². The molecule has 43 heavy (non-hydrogen) atoms. The van der Waals surface area contributed by atoms with Crippen molar-refractivity contribution in [3.63, 3.8) is 0 Å². The van der Waals surface area contributed by atoms with E-state index >= 15 is 8.78 Å². The number of piperidine rings is 2. The number of alkyl halides is 5. The summed E-state index contributed by atoms with van der Waals surface area (Å²) in [6.45, 7) is 2.15. The third kappa shape index (κ3) is 5.99. The quantitative estimate of drug-likeness (QED) is 0.434. The Labute approximate surface area is 242 Å². The molecule has 0 aromatic carbocycles. The van der Waals surface area contributed by atoms with Gasteiger partial charge in [-0.3, -0.25) is 14.7 Å². The van der Waals surface area contributed by atoms with Gasteiger partial charge in [-0.05, 0) is 31.4 Å². The highest BCUT2D eigenvalue weighted by atomic mass is 19.4. The van der Waals surface area contributed by atoms with Gasteiger partial charge in [0, 0.05) is 63.8 Å². The van der Waals surface area contributed by atoms with Crippen molar-refractivity contribution in [3.05, 3.63) is 46.1 Å². The largest absolute Gasteiger partial charge is 0.417 e. The lowest BCUT2D eigenvalue weighted by Gasteiger charge is -2.42. The van der Waals surface area contributed by atoms with Crippen molar-refractivity contribution in [3.8, 4) is 0 Å². The molecule has 1 atom stereocenters. The summed E-state index contributed by atoms with van der Waals surface area (Å²) in [5.41, 5.74) is -1.01. The molecule has 0 aliphatic carbocycles. The van der Waals surface area contributed by atoms with Crippen LogP contribution in [0.5, 0.6) is 0 Å². The maximum absolute atomic E-state index is 15.5. The SMILES string of the molecule is CC(=O)N1CCC(c2[nH]nc3ncc(N4CCC(N(C)C(=O)Nc5cc(C(F)(F)F)cn(C)c5=O)C(F)(F)C4)cc23)CC1. The van der Waals surface area contributed by atoms with Gasteiger partial charge in [-0.15, -0.1) is 0 Å². The fourth-order valence-electron chi connectivity index (χ4n) is 5.80. The first-order valence-corrected chi connectivity index (χ1v) is 13.7. The van der Waals surface area contributed by atoms with Crippen LogP contribution in [0.15, 0.2) is 29.3 Å². The van der Waals surface area contributed by atoms with Gasteiger partial charge in [0.1, 0.15) is 11.7 Å². The topological polar surface area (TPSA) is 119 Å². The second-order valence-electron chi connectivity index (χ2n) is 11.1. The lowest BCUT2D eigenvalue weighted by molar-refractivity contribution is -0.138. The number of halogens is 5. The summed E-state index contributed by atoms with van der Waals surface area (Å²) >= 11 is 0. The van der Waals surface area contributed by atoms with Gasteiger partial charge in [0.25, 0.3) is 11.5 Å². The maximum atomic E-state index is 15.5. The van der Waals surface area contributed by atoms with Gasteiger partial charge < -0.3 is 24.6 Å². The van der Waals surface area contributed by atoms with Gasteiger partial charge >= 0.3 is 12.2 Å². The van der Waals surface area contributed by atoms with Crippen molar-refractivity contribution in [1.29, 1.82) is 0 Å². The Bertz CT molecular complexity index is 1600. The van der Waals surface area contributed by atoms with Gasteiger partial charge in [-0.2, -0.15) is 18.3 Å². The van der Waals surface area contributed by atoms with E-state index in [-0.39, 0.29) is 24.8 Å². The Morgan fingerprint density at radius 1 is 1.14 bits per heavy atom. The molecule has 11 nitrogen and oxygen atoms in total. The molecule has 0 radical (unpaired) electrons. The molecule has 0 bridgehead atoms. The molecular formula is C27H31F5N8O3. The minimum absolute atomic E-state index is 0.0178. The van der Waals surface area contributed by atoms with E-state index in [0.717, 1.165) is 37.5 Å². The number of aromatic amines is 1. The van der Waals surface area contributed by atoms with E-state index in [9.17, 15) is 27.6 Å². The normalized spacial score (nSPS) is 19.5. The van der Waals surface area contributed by atoms with Crippen LogP contribution in [-0.2, 0) is 18.0 Å². The van der Waals surface area contributed by atoms with E-state index in [2.05, 4.69) is 20.5 Å². The molecule has 2 aliphatic rings. The van der Waals surface area contributed by atoms with Gasteiger partial charge in [-0.25, -0.2) is 18.6 Å². The van der Waals surface area contributed by atoms with Crippen molar-refractivity contribution >= 4 is 34.3 Å². The summed E-state index contributed by atoms with van der Waals surface area (Å²) in [4.78, 5) is 45.2. The average molecular weight is 611 g/mol. The van der Waals surface area contributed by atoms with Crippen molar-refractivity contribution in [2.24, 2.45) is 7.05 Å². The Kier molecular flexibility index (Phi) is 7.81. The first-order valence-electron chi connectivity index (χ1n) is 13.7. The molecule has 16 heteroatoms. The number of urea groups is 1. The third-order valence-electron chi connectivity index (χ3n) is 8.24. The minimum atomic E-state index is -4.78. The van der Waals surface area contributed by atoms with Crippen LogP contribution in [0.3, 0.4) is 0 Å². The molecule has 5 heterocycles. The number of hydrogen-bond acceptors (Lipinski definition) is 6. The Balaban J connectivity index is 1.29. The molecule has 2 N–H and O–H groups in total. The number of anilines is 2. The van der Waals surface area contributed by atoms with Crippen LogP contribution in [0.4, 0.5) is 38.1 Å². The number of pyridine rings is 2. The predicted molar refractivity (Wildman–Crippen MR) is 147 cm³/mol. The monoisotopic (exact) mass is 610 g/mol. The molecular weight excluding hydrogens is 579 g/mol. The van der Waals surface area contributed by atoms with Gasteiger partial charge in [0.15, 0.2) is 5.65 Å². The number of nitrogens with one attached hydrogen (secondary N) is 2. The highest BCUT2D eigenvalue weighted by Gasteiger charge is 2.48. The molecule has 0 spiro atoms. The summed E-state index contributed by atoms with van der Waals surface area (Å²) in [7, 11) is 2.21. The number of H-pyrrole nitrogens is 1. The van der Waals surface area contributed by atoms with E-state index in [1.165, 1.54) is 18.0 Å². The maximum Gasteiger partial charge on any atom is 0.417 e. The predicted octanol–water partition coefficient (Wildman–Crippen LogP) is 3.78. The van der Waals surface area contributed by atoms with Crippen LogP contribution in [0, 0.1) is 0 Å². The van der Waals surface area contributed by atoms with Crippen LogP contribution in [0.1, 0.15) is 43.4 Å². The zero-order valence-electron chi connectivity index (χ0n) is 23.7. The summed E-state index contributed by atoms with van der Waals surface area (Å²) < 4.78 is 71.3. The Morgan fingerprint density at radius 3 is 2.47 bits per heavy atom. The highest BCUT2D eigenvalue weighted by molar-refractivity contribution is 5.89. The summed E-state index contributed by atoms with van der Waals surface area (Å²) in [6.07, 6.45) is -1.43. The van der Waals surface area contributed by atoms with Crippen LogP contribution >= 0.6 is 0 Å². The van der Waals surface area contributed by atoms with Crippen molar-refractivity contribution in [2.75, 3.05) is 43.4 Å². The average Bonchev–Trinajstić information content (AvgIpc) is 3.37. The standard InChI is InChI=1S/C27H31F5N8O3/c1-15(41)39-7-4-16(5-8-39)22-19-11-18(12-33-23(19)36-35-22)40-9-6-21(26(28,29)14-40)38(3)25(43)34-20-10-17(27(30,31)32)13-37(2)24(20)42/h10-13,16,21H,4-9,14H2,1-3H3,(H,34,43)(H,33,35,36). The Hall–Kier alpha value is -4.24. The number of amides is 3. The van der Waals surface area contributed by atoms with Crippen LogP contribution in [0.2, 0.25) is 0 Å². The molecule has 3 aromatic heterocycles. The summed E-state index contributed by atoms with van der Waals surface area (Å²) in [6, 6.07) is -0.466. The van der Waals surface area contributed by atoms with Gasteiger partial charge in [0.05, 0.1) is 24.0 Å². The van der Waals surface area contributed by atoms with Crippen LogP contribution < -0.4 is 15.8 Å². The molecule has 0 saturated carbocycles. The van der Waals surface area contributed by atoms with Crippen molar-refractivity contribution < 1.29 is 31.5 Å². The molecule has 3 aromatic rings. The zero-order chi connectivity index (χ0) is 31.3.